The SMILES string of the molecule is CCOc1cc(N2CCN(C(=O)C34CCC(C(F)(F)F)(CC3)C4)C[C@H]2CC)c(C(=O)NC2CN(C)C2)nc1-c1cccnc1. The molecule has 0 unspecified atom stereocenters. The van der Waals surface area contributed by atoms with E-state index in [1.54, 1.807) is 23.4 Å². The van der Waals surface area contributed by atoms with Crippen molar-refractivity contribution < 1.29 is 27.5 Å². The molecule has 44 heavy (non-hydrogen) atoms. The first kappa shape index (κ1) is 30.6. The summed E-state index contributed by atoms with van der Waals surface area (Å²) < 4.78 is 47.9. The van der Waals surface area contributed by atoms with Crippen molar-refractivity contribution in [1.29, 1.82) is 0 Å². The van der Waals surface area contributed by atoms with Crippen molar-refractivity contribution in [2.24, 2.45) is 10.8 Å². The normalized spacial score (nSPS) is 27.4. The van der Waals surface area contributed by atoms with Crippen LogP contribution in [0.5, 0.6) is 5.75 Å². The van der Waals surface area contributed by atoms with Crippen LogP contribution in [0.1, 0.15) is 62.9 Å². The van der Waals surface area contributed by atoms with E-state index in [0.717, 1.165) is 18.7 Å². The number of alkyl halides is 3. The number of piperazine rings is 1. The van der Waals surface area contributed by atoms with Crippen LogP contribution in [-0.4, -0.2) is 96.2 Å². The third-order valence-corrected chi connectivity index (χ3v) is 10.3. The number of halogens is 3. The van der Waals surface area contributed by atoms with E-state index in [9.17, 15) is 22.8 Å². The number of ether oxygens (including phenoxy) is 1. The highest BCUT2D eigenvalue weighted by molar-refractivity contribution is 5.99. The minimum Gasteiger partial charge on any atom is -0.492 e. The molecule has 2 amide bonds. The van der Waals surface area contributed by atoms with Gasteiger partial charge in [0.1, 0.15) is 11.4 Å². The molecule has 2 aromatic rings. The summed E-state index contributed by atoms with van der Waals surface area (Å²) in [4.78, 5) is 42.8. The van der Waals surface area contributed by atoms with Gasteiger partial charge in [0.05, 0.1) is 29.2 Å². The number of aromatic nitrogens is 2. The molecule has 0 radical (unpaired) electrons. The molecule has 4 fully saturated rings. The maximum Gasteiger partial charge on any atom is 0.394 e. The van der Waals surface area contributed by atoms with Crippen molar-refractivity contribution in [2.75, 3.05) is 51.3 Å². The monoisotopic (exact) mass is 614 g/mol. The van der Waals surface area contributed by atoms with Crippen LogP contribution in [0.4, 0.5) is 18.9 Å². The fraction of sp³-hybridized carbons (Fsp3) is 0.625. The summed E-state index contributed by atoms with van der Waals surface area (Å²) in [5, 5.41) is 3.12. The van der Waals surface area contributed by atoms with Gasteiger partial charge in [-0.15, -0.1) is 0 Å². The Labute approximate surface area is 256 Å². The number of rotatable bonds is 8. The molecule has 1 atom stereocenters. The van der Waals surface area contributed by atoms with E-state index in [-0.39, 0.29) is 48.9 Å². The third kappa shape index (κ3) is 5.28. The average molecular weight is 615 g/mol. The minimum atomic E-state index is -4.28. The Morgan fingerprint density at radius 1 is 1.11 bits per heavy atom. The number of anilines is 1. The van der Waals surface area contributed by atoms with Gasteiger partial charge in [-0.1, -0.05) is 6.92 Å². The Morgan fingerprint density at radius 2 is 1.86 bits per heavy atom. The van der Waals surface area contributed by atoms with E-state index in [4.69, 9.17) is 9.72 Å². The summed E-state index contributed by atoms with van der Waals surface area (Å²) in [5.74, 6) is 0.105. The summed E-state index contributed by atoms with van der Waals surface area (Å²) in [6.07, 6.45) is 0.296. The quantitative estimate of drug-likeness (QED) is 0.468. The van der Waals surface area contributed by atoms with Crippen LogP contribution in [0.2, 0.25) is 0 Å². The van der Waals surface area contributed by atoms with Crippen LogP contribution in [0, 0.1) is 10.8 Å². The molecule has 2 bridgehead atoms. The number of likely N-dealkylation sites (tertiary alicyclic amines) is 1. The molecule has 4 heterocycles. The van der Waals surface area contributed by atoms with Crippen molar-refractivity contribution in [3.8, 4) is 17.0 Å². The average Bonchev–Trinajstić information content (AvgIpc) is 3.60. The highest BCUT2D eigenvalue weighted by atomic mass is 19.4. The van der Waals surface area contributed by atoms with Crippen molar-refractivity contribution in [3.63, 3.8) is 0 Å². The Kier molecular flexibility index (Phi) is 8.00. The van der Waals surface area contributed by atoms with Gasteiger partial charge in [-0.25, -0.2) is 4.98 Å². The summed E-state index contributed by atoms with van der Waals surface area (Å²) in [6.45, 7) is 6.98. The molecule has 2 saturated heterocycles. The number of fused-ring (bicyclic) bond motifs is 2. The number of pyridine rings is 2. The first-order valence-corrected chi connectivity index (χ1v) is 15.7. The zero-order valence-electron chi connectivity index (χ0n) is 25.6. The predicted octanol–water partition coefficient (Wildman–Crippen LogP) is 4.53. The molecule has 0 aromatic carbocycles. The lowest BCUT2D eigenvalue weighted by molar-refractivity contribution is -0.220. The number of nitrogens with one attached hydrogen (secondary N) is 1. The number of carbonyl (C=O) groups is 2. The number of carbonyl (C=O) groups excluding carboxylic acids is 2. The van der Waals surface area contributed by atoms with Gasteiger partial charge in [-0.2, -0.15) is 13.2 Å². The number of nitrogens with zero attached hydrogens (tertiary/aromatic N) is 5. The standard InChI is InChI=1S/C32H41F3N6O3/c1-4-23-19-40(29(43)30-8-10-31(20-30,11-9-30)32(33,34)35)13-14-41(23)24-15-25(44-5-2)26(21-7-6-12-36-16-21)38-27(24)28(42)37-22-17-39(3)18-22/h6-7,12,15-16,22-23H,4-5,8-11,13-14,17-20H2,1-3H3,(H,37,42)/t23-,30?,31?/m1/s1. The molecule has 2 aliphatic heterocycles. The van der Waals surface area contributed by atoms with Gasteiger partial charge in [0.2, 0.25) is 5.91 Å². The molecule has 12 heteroatoms. The number of amides is 2. The van der Waals surface area contributed by atoms with Gasteiger partial charge in [0.25, 0.3) is 5.91 Å². The summed E-state index contributed by atoms with van der Waals surface area (Å²) >= 11 is 0. The highest BCUT2D eigenvalue weighted by Gasteiger charge is 2.68. The first-order valence-electron chi connectivity index (χ1n) is 15.7. The van der Waals surface area contributed by atoms with Crippen LogP contribution in [0.25, 0.3) is 11.3 Å². The van der Waals surface area contributed by atoms with Gasteiger partial charge in [0.15, 0.2) is 5.69 Å². The Morgan fingerprint density at radius 3 is 2.45 bits per heavy atom. The van der Waals surface area contributed by atoms with E-state index in [1.165, 1.54) is 0 Å². The van der Waals surface area contributed by atoms with Crippen LogP contribution in [-0.2, 0) is 4.79 Å². The summed E-state index contributed by atoms with van der Waals surface area (Å²) in [7, 11) is 2.00. The zero-order chi connectivity index (χ0) is 31.3. The minimum absolute atomic E-state index is 0.0212. The van der Waals surface area contributed by atoms with E-state index in [0.29, 0.717) is 62.6 Å². The number of hydrogen-bond acceptors (Lipinski definition) is 7. The molecule has 6 rings (SSSR count). The summed E-state index contributed by atoms with van der Waals surface area (Å²) in [5.41, 5.74) is -0.488. The predicted molar refractivity (Wildman–Crippen MR) is 159 cm³/mol. The van der Waals surface area contributed by atoms with E-state index < -0.39 is 17.0 Å². The van der Waals surface area contributed by atoms with E-state index in [2.05, 4.69) is 20.1 Å². The first-order chi connectivity index (χ1) is 21.0. The smallest absolute Gasteiger partial charge is 0.394 e. The maximum atomic E-state index is 13.9. The Balaban J connectivity index is 1.30. The molecule has 1 N–H and O–H groups in total. The highest BCUT2D eigenvalue weighted by Crippen LogP contribution is 2.67. The van der Waals surface area contributed by atoms with Crippen molar-refractivity contribution in [2.45, 2.75) is 70.6 Å². The second-order valence-electron chi connectivity index (χ2n) is 13.0. The van der Waals surface area contributed by atoms with Crippen molar-refractivity contribution in [1.82, 2.24) is 25.1 Å². The lowest BCUT2D eigenvalue weighted by Crippen LogP contribution is -2.58. The van der Waals surface area contributed by atoms with Crippen molar-refractivity contribution >= 4 is 17.5 Å². The second kappa shape index (κ2) is 11.5. The Hall–Kier alpha value is -3.41. The lowest BCUT2D eigenvalue weighted by atomic mass is 9.81. The van der Waals surface area contributed by atoms with E-state index in [1.807, 2.05) is 33.0 Å². The van der Waals surface area contributed by atoms with Crippen LogP contribution >= 0.6 is 0 Å². The molecular formula is C32H41F3N6O3. The third-order valence-electron chi connectivity index (χ3n) is 10.3. The number of hydrogen-bond donors (Lipinski definition) is 1. The fourth-order valence-electron chi connectivity index (χ4n) is 7.81. The molecule has 0 spiro atoms. The van der Waals surface area contributed by atoms with Gasteiger partial charge in [-0.3, -0.25) is 14.6 Å². The fourth-order valence-corrected chi connectivity index (χ4v) is 7.81. The number of likely N-dealkylation sites (N-methyl/N-ethyl adjacent to an activating group) is 1. The second-order valence-corrected chi connectivity index (χ2v) is 13.0. The molecule has 4 aliphatic rings. The van der Waals surface area contributed by atoms with Crippen molar-refractivity contribution in [3.05, 3.63) is 36.3 Å². The molecule has 238 valence electrons. The van der Waals surface area contributed by atoms with Crippen LogP contribution < -0.4 is 15.0 Å². The molecule has 2 saturated carbocycles. The zero-order valence-corrected chi connectivity index (χ0v) is 25.6. The van der Waals surface area contributed by atoms with E-state index >= 15 is 0 Å². The molecule has 2 aliphatic carbocycles. The lowest BCUT2D eigenvalue weighted by Gasteiger charge is -2.45. The van der Waals surface area contributed by atoms with Gasteiger partial charge >= 0.3 is 6.18 Å². The maximum absolute atomic E-state index is 13.9. The Bertz CT molecular complexity index is 1390. The van der Waals surface area contributed by atoms with Crippen LogP contribution in [0.15, 0.2) is 30.6 Å². The van der Waals surface area contributed by atoms with Crippen LogP contribution in [0.3, 0.4) is 0 Å². The van der Waals surface area contributed by atoms with Gasteiger partial charge in [0, 0.05) is 62.8 Å². The van der Waals surface area contributed by atoms with Gasteiger partial charge in [-0.05, 0) is 64.6 Å². The topological polar surface area (TPSA) is 90.9 Å². The van der Waals surface area contributed by atoms with Gasteiger partial charge < -0.3 is 24.8 Å². The summed E-state index contributed by atoms with van der Waals surface area (Å²) in [6, 6.07) is 5.42. The molecular weight excluding hydrogens is 573 g/mol. The molecule has 2 aromatic heterocycles. The molecule has 9 nitrogen and oxygen atoms in total. The largest absolute Gasteiger partial charge is 0.492 e.